The maximum atomic E-state index is 12.5. The summed E-state index contributed by atoms with van der Waals surface area (Å²) in [5.74, 6) is 0.188. The quantitative estimate of drug-likeness (QED) is 0.371. The number of pyridine rings is 1. The maximum Gasteiger partial charge on any atom is 0.242 e. The molecule has 0 bridgehead atoms. The van der Waals surface area contributed by atoms with Crippen LogP contribution in [0, 0.1) is 0 Å². The van der Waals surface area contributed by atoms with E-state index in [2.05, 4.69) is 40.8 Å². The molecule has 9 nitrogen and oxygen atoms in total. The van der Waals surface area contributed by atoms with Gasteiger partial charge in [0, 0.05) is 36.1 Å². The number of aromatic nitrogens is 6. The summed E-state index contributed by atoms with van der Waals surface area (Å²) < 4.78 is 0. The highest BCUT2D eigenvalue weighted by molar-refractivity contribution is 6.31. The second kappa shape index (κ2) is 8.38. The zero-order chi connectivity index (χ0) is 20.2. The van der Waals surface area contributed by atoms with Gasteiger partial charge in [-0.05, 0) is 25.0 Å². The normalized spacial score (nSPS) is 12.2. The fraction of sp³-hybridized carbons (Fsp3) is 0.211. The Bertz CT molecular complexity index is 1120. The SMILES string of the molecule is C[C@@H](NCCc1cn[nH]c1)C(=O)Nc1cncc(-c2c[nH]c3ncc(Cl)cc23)n1. The first-order valence-electron chi connectivity index (χ1n) is 9.07. The van der Waals surface area contributed by atoms with Crippen molar-refractivity contribution in [3.8, 4) is 11.3 Å². The van der Waals surface area contributed by atoms with E-state index < -0.39 is 0 Å². The highest BCUT2D eigenvalue weighted by Crippen LogP contribution is 2.28. The number of hydrogen-bond acceptors (Lipinski definition) is 6. The molecule has 0 unspecified atom stereocenters. The van der Waals surface area contributed by atoms with E-state index in [4.69, 9.17) is 11.6 Å². The number of rotatable bonds is 7. The van der Waals surface area contributed by atoms with Gasteiger partial charge in [-0.15, -0.1) is 0 Å². The van der Waals surface area contributed by atoms with Crippen LogP contribution in [0.5, 0.6) is 0 Å². The van der Waals surface area contributed by atoms with Gasteiger partial charge in [-0.25, -0.2) is 9.97 Å². The summed E-state index contributed by atoms with van der Waals surface area (Å²) in [6.07, 6.45) is 10.9. The Labute approximate surface area is 171 Å². The molecule has 0 saturated heterocycles. The topological polar surface area (TPSA) is 124 Å². The number of carbonyl (C=O) groups is 1. The average Bonchev–Trinajstić information content (AvgIpc) is 3.37. The molecule has 4 heterocycles. The predicted molar refractivity (Wildman–Crippen MR) is 111 cm³/mol. The van der Waals surface area contributed by atoms with Gasteiger partial charge < -0.3 is 15.6 Å². The van der Waals surface area contributed by atoms with Crippen LogP contribution in [0.25, 0.3) is 22.3 Å². The zero-order valence-corrected chi connectivity index (χ0v) is 16.4. The zero-order valence-electron chi connectivity index (χ0n) is 15.6. The minimum Gasteiger partial charge on any atom is -0.345 e. The van der Waals surface area contributed by atoms with Crippen LogP contribution >= 0.6 is 11.6 Å². The summed E-state index contributed by atoms with van der Waals surface area (Å²) in [6, 6.07) is 1.43. The van der Waals surface area contributed by atoms with E-state index in [1.807, 2.05) is 12.3 Å². The summed E-state index contributed by atoms with van der Waals surface area (Å²) in [5.41, 5.74) is 3.21. The van der Waals surface area contributed by atoms with Gasteiger partial charge in [-0.1, -0.05) is 11.6 Å². The van der Waals surface area contributed by atoms with Crippen molar-refractivity contribution < 1.29 is 4.79 Å². The lowest BCUT2D eigenvalue weighted by molar-refractivity contribution is -0.117. The van der Waals surface area contributed by atoms with Crippen LogP contribution in [0.3, 0.4) is 0 Å². The molecule has 4 aromatic heterocycles. The molecule has 1 amide bonds. The van der Waals surface area contributed by atoms with Crippen LogP contribution in [-0.2, 0) is 11.2 Å². The lowest BCUT2D eigenvalue weighted by atomic mass is 10.2. The van der Waals surface area contributed by atoms with Crippen LogP contribution < -0.4 is 10.6 Å². The van der Waals surface area contributed by atoms with Gasteiger partial charge in [0.25, 0.3) is 0 Å². The van der Waals surface area contributed by atoms with Gasteiger partial charge in [0.2, 0.25) is 5.91 Å². The second-order valence-electron chi connectivity index (χ2n) is 6.56. The molecule has 148 valence electrons. The fourth-order valence-corrected chi connectivity index (χ4v) is 3.08. The van der Waals surface area contributed by atoms with Crippen molar-refractivity contribution in [2.24, 2.45) is 0 Å². The molecule has 0 aliphatic rings. The van der Waals surface area contributed by atoms with E-state index in [-0.39, 0.29) is 11.9 Å². The second-order valence-corrected chi connectivity index (χ2v) is 7.00. The molecule has 29 heavy (non-hydrogen) atoms. The summed E-state index contributed by atoms with van der Waals surface area (Å²) in [5, 5.41) is 14.0. The molecule has 4 aromatic rings. The number of halogens is 1. The Balaban J connectivity index is 1.43. The third-order valence-electron chi connectivity index (χ3n) is 4.47. The molecular weight excluding hydrogens is 392 g/mol. The molecular formula is C19H19ClN8O. The third kappa shape index (κ3) is 4.41. The van der Waals surface area contributed by atoms with Gasteiger partial charge in [0.15, 0.2) is 5.82 Å². The number of nitrogens with zero attached hydrogens (tertiary/aromatic N) is 4. The van der Waals surface area contributed by atoms with E-state index in [1.165, 1.54) is 6.20 Å². The molecule has 0 saturated carbocycles. The van der Waals surface area contributed by atoms with Crippen LogP contribution in [0.4, 0.5) is 5.82 Å². The van der Waals surface area contributed by atoms with Crippen molar-refractivity contribution in [1.29, 1.82) is 0 Å². The Morgan fingerprint density at radius 1 is 1.24 bits per heavy atom. The summed E-state index contributed by atoms with van der Waals surface area (Å²) in [7, 11) is 0. The standard InChI is InChI=1S/C19H19ClN8O/c1-11(22-3-2-12-5-25-26-6-12)19(29)28-17-10-21-9-16(27-17)15-8-24-18-14(15)4-13(20)7-23-18/h4-11,22H,2-3H2,1H3,(H,23,24)(H,25,26)(H,27,28,29)/t11-/m1/s1. The van der Waals surface area contributed by atoms with E-state index >= 15 is 0 Å². The molecule has 4 rings (SSSR count). The van der Waals surface area contributed by atoms with Crippen molar-refractivity contribution >= 4 is 34.4 Å². The van der Waals surface area contributed by atoms with Crippen molar-refractivity contribution in [1.82, 2.24) is 35.5 Å². The first kappa shape index (κ1) is 19.0. The Morgan fingerprint density at radius 2 is 2.14 bits per heavy atom. The Hall–Kier alpha value is -3.30. The average molecular weight is 411 g/mol. The number of fused-ring (bicyclic) bond motifs is 1. The summed E-state index contributed by atoms with van der Waals surface area (Å²) >= 11 is 6.06. The summed E-state index contributed by atoms with van der Waals surface area (Å²) in [6.45, 7) is 2.46. The van der Waals surface area contributed by atoms with Crippen molar-refractivity contribution in [2.45, 2.75) is 19.4 Å². The number of anilines is 1. The van der Waals surface area contributed by atoms with E-state index in [9.17, 15) is 4.79 Å². The highest BCUT2D eigenvalue weighted by Gasteiger charge is 2.15. The van der Waals surface area contributed by atoms with Gasteiger partial charge in [-0.2, -0.15) is 5.10 Å². The van der Waals surface area contributed by atoms with Crippen LogP contribution in [-0.4, -0.2) is 48.6 Å². The first-order chi connectivity index (χ1) is 14.1. The fourth-order valence-electron chi connectivity index (χ4n) is 2.92. The molecule has 0 fully saturated rings. The molecule has 0 spiro atoms. The van der Waals surface area contributed by atoms with E-state index in [0.717, 1.165) is 22.9 Å². The van der Waals surface area contributed by atoms with Gasteiger partial charge in [0.05, 0.1) is 35.3 Å². The van der Waals surface area contributed by atoms with E-state index in [0.29, 0.717) is 28.7 Å². The third-order valence-corrected chi connectivity index (χ3v) is 4.68. The minimum atomic E-state index is -0.386. The highest BCUT2D eigenvalue weighted by atomic mass is 35.5. The van der Waals surface area contributed by atoms with Crippen LogP contribution in [0.1, 0.15) is 12.5 Å². The molecule has 0 aromatic carbocycles. The Morgan fingerprint density at radius 3 is 2.97 bits per heavy atom. The van der Waals surface area contributed by atoms with Crippen LogP contribution in [0.15, 0.2) is 43.2 Å². The lowest BCUT2D eigenvalue weighted by Crippen LogP contribution is -2.39. The maximum absolute atomic E-state index is 12.5. The largest absolute Gasteiger partial charge is 0.345 e. The lowest BCUT2D eigenvalue weighted by Gasteiger charge is -2.13. The number of amides is 1. The molecule has 10 heteroatoms. The molecule has 0 aliphatic heterocycles. The number of H-pyrrole nitrogens is 2. The number of nitrogens with one attached hydrogen (secondary N) is 4. The van der Waals surface area contributed by atoms with E-state index in [1.54, 1.807) is 31.7 Å². The molecule has 0 radical (unpaired) electrons. The van der Waals surface area contributed by atoms with Gasteiger partial charge in [0.1, 0.15) is 5.65 Å². The van der Waals surface area contributed by atoms with Crippen molar-refractivity contribution in [3.05, 3.63) is 53.8 Å². The van der Waals surface area contributed by atoms with Gasteiger partial charge >= 0.3 is 0 Å². The monoisotopic (exact) mass is 410 g/mol. The summed E-state index contributed by atoms with van der Waals surface area (Å²) in [4.78, 5) is 28.5. The van der Waals surface area contributed by atoms with Crippen molar-refractivity contribution in [3.63, 3.8) is 0 Å². The number of carbonyl (C=O) groups excluding carboxylic acids is 1. The molecule has 1 atom stereocenters. The first-order valence-corrected chi connectivity index (χ1v) is 9.45. The number of hydrogen-bond donors (Lipinski definition) is 4. The molecule has 0 aliphatic carbocycles. The predicted octanol–water partition coefficient (Wildman–Crippen LogP) is 2.56. The minimum absolute atomic E-state index is 0.188. The van der Waals surface area contributed by atoms with Gasteiger partial charge in [-0.3, -0.25) is 14.9 Å². The Kier molecular flexibility index (Phi) is 5.50. The van der Waals surface area contributed by atoms with Crippen LogP contribution in [0.2, 0.25) is 5.02 Å². The number of aromatic amines is 2. The van der Waals surface area contributed by atoms with Crippen molar-refractivity contribution in [2.75, 3.05) is 11.9 Å². The smallest absolute Gasteiger partial charge is 0.242 e. The molecule has 4 N–H and O–H groups in total.